The molecular formula is C18H36N2NaO8+. The predicted molar refractivity (Wildman–Crippen MR) is 98.1 cm³/mol. The van der Waals surface area contributed by atoms with Crippen LogP contribution in [0.2, 0.25) is 0 Å². The van der Waals surface area contributed by atoms with Crippen LogP contribution in [0.5, 0.6) is 0 Å². The maximum atomic E-state index is 10.5. The molecule has 11 heteroatoms. The van der Waals surface area contributed by atoms with Crippen molar-refractivity contribution >= 4 is 5.97 Å². The third kappa shape index (κ3) is 11.4. The number of ether oxygens (including phenoxy) is 3. The summed E-state index contributed by atoms with van der Waals surface area (Å²) in [5.41, 5.74) is 0. The molecule has 0 spiro atoms. The van der Waals surface area contributed by atoms with E-state index in [1.54, 1.807) is 0 Å². The summed E-state index contributed by atoms with van der Waals surface area (Å²) in [6.07, 6.45) is -4.82. The van der Waals surface area contributed by atoms with Crippen LogP contribution in [0.25, 0.3) is 0 Å². The molecule has 1 heterocycles. The molecule has 0 bridgehead atoms. The Bertz CT molecular complexity index is 469. The third-order valence-corrected chi connectivity index (χ3v) is 4.76. The quantitative estimate of drug-likeness (QED) is 0.148. The van der Waals surface area contributed by atoms with Crippen molar-refractivity contribution < 1.29 is 73.5 Å². The molecule has 1 saturated heterocycles. The molecule has 0 saturated carbocycles. The molecule has 0 aliphatic carbocycles. The molecule has 5 unspecified atom stereocenters. The normalized spacial score (nSPS) is 27.7. The second kappa shape index (κ2) is 14.3. The zero-order valence-electron chi connectivity index (χ0n) is 18.3. The Kier molecular flexibility index (Phi) is 14.3. The Morgan fingerprint density at radius 3 is 2.34 bits per heavy atom. The van der Waals surface area contributed by atoms with Gasteiger partial charge in [-0.2, -0.15) is 0 Å². The summed E-state index contributed by atoms with van der Waals surface area (Å²) in [6.45, 7) is 2.67. The molecule has 0 amide bonds. The molecule has 1 fully saturated rings. The van der Waals surface area contributed by atoms with E-state index in [4.69, 9.17) is 14.2 Å². The minimum atomic E-state index is -1.60. The number of aliphatic carboxylic acids is 1. The molecular weight excluding hydrogens is 395 g/mol. The second-order valence-corrected chi connectivity index (χ2v) is 8.16. The SMILES string of the molecule is CN(C)CCC[N+](C)(C)CCCOCC1OC(O)C(O)C(OCC(=O)[O-])C1O.[Na+]. The Morgan fingerprint density at radius 1 is 1.14 bits per heavy atom. The van der Waals surface area contributed by atoms with Gasteiger partial charge in [-0.3, -0.25) is 0 Å². The van der Waals surface area contributed by atoms with Crippen LogP contribution >= 0.6 is 0 Å². The Balaban J connectivity index is 0.00000784. The number of quaternary nitrogens is 1. The van der Waals surface area contributed by atoms with Gasteiger partial charge in [0, 0.05) is 19.4 Å². The van der Waals surface area contributed by atoms with Crippen molar-refractivity contribution in [3.05, 3.63) is 0 Å². The van der Waals surface area contributed by atoms with Gasteiger partial charge in [0.1, 0.15) is 24.4 Å². The first-order valence-corrected chi connectivity index (χ1v) is 9.59. The molecule has 0 aromatic carbocycles. The van der Waals surface area contributed by atoms with Crippen molar-refractivity contribution in [2.45, 2.75) is 43.5 Å². The maximum Gasteiger partial charge on any atom is 1.00 e. The van der Waals surface area contributed by atoms with Crippen LogP contribution in [0.3, 0.4) is 0 Å². The first kappa shape index (κ1) is 29.1. The van der Waals surface area contributed by atoms with Crippen molar-refractivity contribution in [3.8, 4) is 0 Å². The van der Waals surface area contributed by atoms with Crippen LogP contribution in [-0.2, 0) is 19.0 Å². The fourth-order valence-corrected chi connectivity index (χ4v) is 3.14. The number of carboxylic acid groups (broad SMARTS) is 1. The van der Waals surface area contributed by atoms with Crippen LogP contribution in [-0.4, -0.2) is 129 Å². The van der Waals surface area contributed by atoms with Gasteiger partial charge in [0.25, 0.3) is 0 Å². The van der Waals surface area contributed by atoms with Crippen molar-refractivity contribution in [2.24, 2.45) is 0 Å². The van der Waals surface area contributed by atoms with Crippen molar-refractivity contribution in [1.29, 1.82) is 0 Å². The van der Waals surface area contributed by atoms with Gasteiger partial charge in [-0.05, 0) is 14.1 Å². The summed E-state index contributed by atoms with van der Waals surface area (Å²) in [6, 6.07) is 0. The van der Waals surface area contributed by atoms with Gasteiger partial charge in [-0.25, -0.2) is 0 Å². The van der Waals surface area contributed by atoms with Crippen LogP contribution in [0, 0.1) is 0 Å². The fraction of sp³-hybridized carbons (Fsp3) is 0.944. The molecule has 166 valence electrons. The Hall–Kier alpha value is 0.150. The summed E-state index contributed by atoms with van der Waals surface area (Å²) in [5, 5.41) is 40.3. The van der Waals surface area contributed by atoms with E-state index >= 15 is 0 Å². The molecule has 0 aromatic rings. The Labute approximate surface area is 195 Å². The van der Waals surface area contributed by atoms with Crippen LogP contribution in [0.1, 0.15) is 12.8 Å². The van der Waals surface area contributed by atoms with Gasteiger partial charge in [-0.1, -0.05) is 0 Å². The predicted octanol–water partition coefficient (Wildman–Crippen LogP) is -6.00. The van der Waals surface area contributed by atoms with Crippen molar-refractivity contribution in [2.75, 3.05) is 67.6 Å². The number of hydrogen-bond donors (Lipinski definition) is 3. The molecule has 29 heavy (non-hydrogen) atoms. The number of aliphatic hydroxyl groups excluding tert-OH is 3. The topological polar surface area (TPSA) is 132 Å². The van der Waals surface area contributed by atoms with Crippen molar-refractivity contribution in [1.82, 2.24) is 4.90 Å². The van der Waals surface area contributed by atoms with E-state index in [1.165, 1.54) is 0 Å². The fourth-order valence-electron chi connectivity index (χ4n) is 3.14. The maximum absolute atomic E-state index is 10.5. The van der Waals surface area contributed by atoms with Gasteiger partial charge in [0.15, 0.2) is 6.29 Å². The van der Waals surface area contributed by atoms with Gasteiger partial charge < -0.3 is 48.8 Å². The number of nitrogens with zero attached hydrogens (tertiary/aromatic N) is 2. The number of carbonyl (C=O) groups is 1. The first-order chi connectivity index (χ1) is 13.0. The molecule has 1 aliphatic rings. The van der Waals surface area contributed by atoms with Crippen LogP contribution in [0.15, 0.2) is 0 Å². The molecule has 10 nitrogen and oxygen atoms in total. The third-order valence-electron chi connectivity index (χ3n) is 4.76. The van der Waals surface area contributed by atoms with E-state index in [-0.39, 0.29) is 36.2 Å². The first-order valence-electron chi connectivity index (χ1n) is 9.59. The standard InChI is InChI=1S/C18H36N2O8.Na/c1-19(2)7-5-8-20(3,4)9-6-10-26-11-13-15(23)17(27-12-14(21)22)16(24)18(25)28-13;/h13,15-18,23-25H,5-12H2,1-4H3;/q;+1. The van der Waals surface area contributed by atoms with Crippen LogP contribution in [0.4, 0.5) is 0 Å². The molecule has 3 N–H and O–H groups in total. The van der Waals surface area contributed by atoms with Gasteiger partial charge >= 0.3 is 29.6 Å². The average Bonchev–Trinajstić information content (AvgIpc) is 2.58. The van der Waals surface area contributed by atoms with Crippen LogP contribution < -0.4 is 34.7 Å². The number of aliphatic hydroxyl groups is 3. The molecule has 1 rings (SSSR count). The van der Waals surface area contributed by atoms with Gasteiger partial charge in [0.2, 0.25) is 0 Å². The van der Waals surface area contributed by atoms with Gasteiger partial charge in [-0.15, -0.1) is 0 Å². The smallest absolute Gasteiger partial charge is 0.548 e. The largest absolute Gasteiger partial charge is 1.00 e. The zero-order chi connectivity index (χ0) is 21.3. The number of carboxylic acids is 1. The van der Waals surface area contributed by atoms with E-state index in [0.29, 0.717) is 6.61 Å². The molecule has 1 aliphatic heterocycles. The van der Waals surface area contributed by atoms with Gasteiger partial charge in [0.05, 0.1) is 53.0 Å². The summed E-state index contributed by atoms with van der Waals surface area (Å²) in [5.74, 6) is -1.49. The monoisotopic (exact) mass is 431 g/mol. The number of rotatable bonds is 13. The number of hydrogen-bond acceptors (Lipinski definition) is 9. The Morgan fingerprint density at radius 2 is 1.76 bits per heavy atom. The summed E-state index contributed by atoms with van der Waals surface area (Å²) in [4.78, 5) is 12.7. The number of carbonyl (C=O) groups excluding carboxylic acids is 1. The second-order valence-electron chi connectivity index (χ2n) is 8.16. The zero-order valence-corrected chi connectivity index (χ0v) is 20.3. The van der Waals surface area contributed by atoms with E-state index in [2.05, 4.69) is 33.1 Å². The minimum Gasteiger partial charge on any atom is -0.548 e. The summed E-state index contributed by atoms with van der Waals surface area (Å²) >= 11 is 0. The molecule has 5 atom stereocenters. The summed E-state index contributed by atoms with van der Waals surface area (Å²) in [7, 11) is 8.45. The van der Waals surface area contributed by atoms with Crippen molar-refractivity contribution in [3.63, 3.8) is 0 Å². The molecule has 0 aromatic heterocycles. The average molecular weight is 431 g/mol. The van der Waals surface area contributed by atoms with E-state index in [9.17, 15) is 25.2 Å². The van der Waals surface area contributed by atoms with E-state index in [1.807, 2.05) is 0 Å². The van der Waals surface area contributed by atoms with E-state index in [0.717, 1.165) is 37.0 Å². The minimum absolute atomic E-state index is 0. The molecule has 0 radical (unpaired) electrons. The summed E-state index contributed by atoms with van der Waals surface area (Å²) < 4.78 is 16.5. The van der Waals surface area contributed by atoms with E-state index < -0.39 is 43.3 Å².